The Bertz CT molecular complexity index is 517. The van der Waals surface area contributed by atoms with Gasteiger partial charge in [0.15, 0.2) is 0 Å². The summed E-state index contributed by atoms with van der Waals surface area (Å²) in [5.41, 5.74) is 1.53. The van der Waals surface area contributed by atoms with Crippen LogP contribution in [0.3, 0.4) is 0 Å². The topological polar surface area (TPSA) is 57.6 Å². The molecule has 0 radical (unpaired) electrons. The number of amides is 1. The number of carbonyl (C=O) groups excluding carboxylic acids is 1. The number of rotatable bonds is 6. The number of benzene rings is 1. The van der Waals surface area contributed by atoms with E-state index < -0.39 is 11.4 Å². The van der Waals surface area contributed by atoms with E-state index in [4.69, 9.17) is 0 Å². The average molecular weight is 289 g/mol. The van der Waals surface area contributed by atoms with Gasteiger partial charge in [-0.2, -0.15) is 0 Å². The van der Waals surface area contributed by atoms with Crippen LogP contribution in [0, 0.1) is 5.41 Å². The number of carbonyl (C=O) groups is 2. The molecule has 1 aromatic carbocycles. The number of aliphatic carboxylic acids is 1. The van der Waals surface area contributed by atoms with E-state index in [9.17, 15) is 14.7 Å². The third-order valence-electron chi connectivity index (χ3n) is 4.53. The number of carboxylic acid groups (broad SMARTS) is 1. The lowest BCUT2D eigenvalue weighted by Crippen LogP contribution is -2.42. The molecular weight excluding hydrogens is 266 g/mol. The van der Waals surface area contributed by atoms with Gasteiger partial charge in [-0.25, -0.2) is 0 Å². The van der Waals surface area contributed by atoms with E-state index in [0.717, 1.165) is 18.4 Å². The standard InChI is InChI=1S/C17H23NO3/c1-3-13-5-7-14(8-6-13)12-18(2)15(19)11-17(16(20)21)9-4-10-17/h5-8H,3-4,9-12H2,1-2H3,(H,20,21). The van der Waals surface area contributed by atoms with Crippen molar-refractivity contribution >= 4 is 11.9 Å². The first-order chi connectivity index (χ1) is 9.97. The molecule has 0 aromatic heterocycles. The van der Waals surface area contributed by atoms with Crippen LogP contribution in [0.5, 0.6) is 0 Å². The summed E-state index contributed by atoms with van der Waals surface area (Å²) in [6, 6.07) is 8.19. The van der Waals surface area contributed by atoms with Crippen LogP contribution in [0.2, 0.25) is 0 Å². The molecule has 1 amide bonds. The van der Waals surface area contributed by atoms with Gasteiger partial charge >= 0.3 is 5.97 Å². The first kappa shape index (κ1) is 15.5. The molecule has 1 saturated carbocycles. The molecule has 4 heteroatoms. The van der Waals surface area contributed by atoms with Crippen molar-refractivity contribution < 1.29 is 14.7 Å². The van der Waals surface area contributed by atoms with E-state index in [2.05, 4.69) is 19.1 Å². The Kier molecular flexibility index (Phi) is 4.66. The van der Waals surface area contributed by atoms with E-state index in [1.54, 1.807) is 11.9 Å². The van der Waals surface area contributed by atoms with Gasteiger partial charge in [0.25, 0.3) is 0 Å². The van der Waals surface area contributed by atoms with E-state index in [1.807, 2.05) is 12.1 Å². The molecule has 1 aromatic rings. The second kappa shape index (κ2) is 6.29. The van der Waals surface area contributed by atoms with Gasteiger partial charge in [-0.15, -0.1) is 0 Å². The van der Waals surface area contributed by atoms with E-state index >= 15 is 0 Å². The molecule has 2 rings (SSSR count). The molecule has 0 heterocycles. The van der Waals surface area contributed by atoms with Crippen LogP contribution in [-0.4, -0.2) is 28.9 Å². The van der Waals surface area contributed by atoms with E-state index in [1.165, 1.54) is 5.56 Å². The molecule has 1 N–H and O–H groups in total. The Labute approximate surface area is 125 Å². The summed E-state index contributed by atoms with van der Waals surface area (Å²) in [5.74, 6) is -0.917. The Morgan fingerprint density at radius 2 is 1.76 bits per heavy atom. The zero-order valence-electron chi connectivity index (χ0n) is 12.8. The summed E-state index contributed by atoms with van der Waals surface area (Å²) in [6.07, 6.45) is 3.25. The minimum absolute atomic E-state index is 0.0864. The van der Waals surface area contributed by atoms with Crippen molar-refractivity contribution in [2.24, 2.45) is 5.41 Å². The molecule has 1 aliphatic carbocycles. The largest absolute Gasteiger partial charge is 0.481 e. The molecule has 0 saturated heterocycles. The summed E-state index contributed by atoms with van der Waals surface area (Å²) in [6.45, 7) is 2.63. The molecule has 0 spiro atoms. The molecule has 0 unspecified atom stereocenters. The highest BCUT2D eigenvalue weighted by Crippen LogP contribution is 2.44. The van der Waals surface area contributed by atoms with Gasteiger partial charge in [-0.05, 0) is 30.4 Å². The molecule has 21 heavy (non-hydrogen) atoms. The summed E-state index contributed by atoms with van der Waals surface area (Å²) in [7, 11) is 1.74. The Morgan fingerprint density at radius 3 is 2.19 bits per heavy atom. The van der Waals surface area contributed by atoms with E-state index in [-0.39, 0.29) is 12.3 Å². The molecule has 0 aliphatic heterocycles. The van der Waals surface area contributed by atoms with Crippen LogP contribution >= 0.6 is 0 Å². The van der Waals surface area contributed by atoms with Gasteiger partial charge in [0.2, 0.25) is 5.91 Å². The van der Waals surface area contributed by atoms with Crippen LogP contribution in [0.25, 0.3) is 0 Å². The van der Waals surface area contributed by atoms with E-state index in [0.29, 0.717) is 19.4 Å². The lowest BCUT2D eigenvalue weighted by Gasteiger charge is -2.38. The fourth-order valence-corrected chi connectivity index (χ4v) is 2.74. The molecule has 0 atom stereocenters. The molecule has 1 fully saturated rings. The predicted molar refractivity (Wildman–Crippen MR) is 80.8 cm³/mol. The highest BCUT2D eigenvalue weighted by molar-refractivity contribution is 5.85. The average Bonchev–Trinajstić information content (AvgIpc) is 2.42. The first-order valence-corrected chi connectivity index (χ1v) is 7.52. The maximum absolute atomic E-state index is 12.2. The number of carboxylic acids is 1. The van der Waals surface area contributed by atoms with Crippen molar-refractivity contribution in [3.63, 3.8) is 0 Å². The monoisotopic (exact) mass is 289 g/mol. The summed E-state index contributed by atoms with van der Waals surface area (Å²) in [4.78, 5) is 25.2. The van der Waals surface area contributed by atoms with Crippen molar-refractivity contribution in [3.05, 3.63) is 35.4 Å². The molecule has 0 bridgehead atoms. The SMILES string of the molecule is CCc1ccc(CN(C)C(=O)CC2(C(=O)O)CCC2)cc1. The number of hydrogen-bond donors (Lipinski definition) is 1. The Hall–Kier alpha value is -1.84. The third-order valence-corrected chi connectivity index (χ3v) is 4.53. The second-order valence-electron chi connectivity index (χ2n) is 6.04. The normalized spacial score (nSPS) is 16.1. The van der Waals surface area contributed by atoms with Crippen molar-refractivity contribution in [1.29, 1.82) is 0 Å². The Balaban J connectivity index is 1.94. The van der Waals surface area contributed by atoms with Crippen LogP contribution in [-0.2, 0) is 22.6 Å². The fraction of sp³-hybridized carbons (Fsp3) is 0.529. The lowest BCUT2D eigenvalue weighted by molar-refractivity contribution is -0.159. The maximum Gasteiger partial charge on any atom is 0.310 e. The van der Waals surface area contributed by atoms with Crippen molar-refractivity contribution in [2.45, 2.75) is 45.6 Å². The number of nitrogens with zero attached hydrogens (tertiary/aromatic N) is 1. The number of hydrogen-bond acceptors (Lipinski definition) is 2. The smallest absolute Gasteiger partial charge is 0.310 e. The minimum atomic E-state index is -0.831. The van der Waals surface area contributed by atoms with Crippen molar-refractivity contribution in [2.75, 3.05) is 7.05 Å². The van der Waals surface area contributed by atoms with Crippen LogP contribution in [0.4, 0.5) is 0 Å². The number of aryl methyl sites for hydroxylation is 1. The quantitative estimate of drug-likeness (QED) is 0.876. The summed E-state index contributed by atoms with van der Waals surface area (Å²) >= 11 is 0. The fourth-order valence-electron chi connectivity index (χ4n) is 2.74. The Morgan fingerprint density at radius 1 is 1.19 bits per heavy atom. The maximum atomic E-state index is 12.2. The van der Waals surface area contributed by atoms with Crippen molar-refractivity contribution in [3.8, 4) is 0 Å². The highest BCUT2D eigenvalue weighted by Gasteiger charge is 2.46. The third kappa shape index (κ3) is 3.43. The van der Waals surface area contributed by atoms with Gasteiger partial charge in [0.1, 0.15) is 0 Å². The first-order valence-electron chi connectivity index (χ1n) is 7.52. The van der Waals surface area contributed by atoms with Crippen LogP contribution in [0.15, 0.2) is 24.3 Å². The molecular formula is C17H23NO3. The highest BCUT2D eigenvalue weighted by atomic mass is 16.4. The van der Waals surface area contributed by atoms with Crippen molar-refractivity contribution in [1.82, 2.24) is 4.90 Å². The molecule has 1 aliphatic rings. The predicted octanol–water partition coefficient (Wildman–Crippen LogP) is 2.85. The zero-order chi connectivity index (χ0) is 15.5. The van der Waals surface area contributed by atoms with Gasteiger partial charge < -0.3 is 10.0 Å². The van der Waals surface area contributed by atoms with Crippen LogP contribution in [0.1, 0.15) is 43.7 Å². The summed E-state index contributed by atoms with van der Waals surface area (Å²) in [5, 5.41) is 9.29. The second-order valence-corrected chi connectivity index (χ2v) is 6.04. The minimum Gasteiger partial charge on any atom is -0.481 e. The summed E-state index contributed by atoms with van der Waals surface area (Å²) < 4.78 is 0. The molecule has 114 valence electrons. The van der Waals surface area contributed by atoms with Gasteiger partial charge in [-0.3, -0.25) is 9.59 Å². The van der Waals surface area contributed by atoms with Gasteiger partial charge in [0.05, 0.1) is 5.41 Å². The molecule has 4 nitrogen and oxygen atoms in total. The van der Waals surface area contributed by atoms with Gasteiger partial charge in [0, 0.05) is 20.0 Å². The van der Waals surface area contributed by atoms with Gasteiger partial charge in [-0.1, -0.05) is 37.6 Å². The lowest BCUT2D eigenvalue weighted by atomic mass is 9.66. The zero-order valence-corrected chi connectivity index (χ0v) is 12.8. The van der Waals surface area contributed by atoms with Crippen LogP contribution < -0.4 is 0 Å².